The molecular formula is C12H19ClN4O. The van der Waals surface area contributed by atoms with Crippen molar-refractivity contribution < 1.29 is 4.79 Å². The summed E-state index contributed by atoms with van der Waals surface area (Å²) in [6.45, 7) is 0. The molecule has 100 valence electrons. The lowest BCUT2D eigenvalue weighted by Gasteiger charge is -2.26. The van der Waals surface area contributed by atoms with Gasteiger partial charge in [-0.1, -0.05) is 0 Å². The Morgan fingerprint density at radius 2 is 2.22 bits per heavy atom. The number of amides is 1. The van der Waals surface area contributed by atoms with Crippen LogP contribution in [-0.2, 0) is 11.8 Å². The molecule has 0 radical (unpaired) electrons. The van der Waals surface area contributed by atoms with Crippen LogP contribution in [0.1, 0.15) is 19.3 Å². The van der Waals surface area contributed by atoms with Crippen molar-refractivity contribution in [2.24, 2.45) is 30.5 Å². The van der Waals surface area contributed by atoms with Gasteiger partial charge in [0.05, 0.1) is 12.1 Å². The van der Waals surface area contributed by atoms with Gasteiger partial charge in [-0.25, -0.2) is 0 Å². The zero-order chi connectivity index (χ0) is 12.0. The summed E-state index contributed by atoms with van der Waals surface area (Å²) in [5, 5.41) is 6.96. The monoisotopic (exact) mass is 270 g/mol. The van der Waals surface area contributed by atoms with Crippen molar-refractivity contribution in [3.05, 3.63) is 12.3 Å². The van der Waals surface area contributed by atoms with Crippen LogP contribution in [0.5, 0.6) is 0 Å². The number of aryl methyl sites for hydroxylation is 1. The van der Waals surface area contributed by atoms with Crippen LogP contribution in [0.3, 0.4) is 0 Å². The Morgan fingerprint density at radius 1 is 1.50 bits per heavy atom. The number of hydrogen-bond acceptors (Lipinski definition) is 3. The maximum atomic E-state index is 12.2. The van der Waals surface area contributed by atoms with Crippen LogP contribution >= 0.6 is 12.4 Å². The average molecular weight is 271 g/mol. The summed E-state index contributed by atoms with van der Waals surface area (Å²) in [7, 11) is 1.82. The molecule has 1 heterocycles. The van der Waals surface area contributed by atoms with E-state index >= 15 is 0 Å². The van der Waals surface area contributed by atoms with Gasteiger partial charge in [-0.15, -0.1) is 12.4 Å². The molecule has 1 aromatic rings. The fraction of sp³-hybridized carbons (Fsp3) is 0.667. The van der Waals surface area contributed by atoms with Crippen molar-refractivity contribution in [1.29, 1.82) is 0 Å². The summed E-state index contributed by atoms with van der Waals surface area (Å²) in [4.78, 5) is 12.2. The van der Waals surface area contributed by atoms with E-state index in [4.69, 9.17) is 5.73 Å². The fourth-order valence-electron chi connectivity index (χ4n) is 3.43. The molecule has 2 bridgehead atoms. The lowest BCUT2D eigenvalue weighted by molar-refractivity contribution is -0.121. The van der Waals surface area contributed by atoms with Crippen LogP contribution in [-0.4, -0.2) is 21.7 Å². The maximum Gasteiger partial charge on any atom is 0.230 e. The Hall–Kier alpha value is -1.07. The topological polar surface area (TPSA) is 72.9 Å². The van der Waals surface area contributed by atoms with Crippen LogP contribution in [0.4, 0.5) is 5.82 Å². The number of carbonyl (C=O) groups is 1. The van der Waals surface area contributed by atoms with E-state index in [1.165, 1.54) is 6.42 Å². The lowest BCUT2D eigenvalue weighted by atomic mass is 9.84. The Morgan fingerprint density at radius 3 is 2.78 bits per heavy atom. The molecule has 1 aromatic heterocycles. The van der Waals surface area contributed by atoms with E-state index in [-0.39, 0.29) is 30.3 Å². The number of anilines is 1. The van der Waals surface area contributed by atoms with Crippen molar-refractivity contribution in [2.75, 3.05) is 5.32 Å². The number of carbonyl (C=O) groups excluding carboxylic acids is 1. The van der Waals surface area contributed by atoms with E-state index in [1.807, 2.05) is 7.05 Å². The Kier molecular flexibility index (Phi) is 3.64. The fourth-order valence-corrected chi connectivity index (χ4v) is 3.43. The van der Waals surface area contributed by atoms with Gasteiger partial charge < -0.3 is 11.1 Å². The predicted octanol–water partition coefficient (Wildman–Crippen LogP) is 1.15. The van der Waals surface area contributed by atoms with Gasteiger partial charge in [0.2, 0.25) is 5.91 Å². The van der Waals surface area contributed by atoms with Gasteiger partial charge in [0.15, 0.2) is 0 Å². The summed E-state index contributed by atoms with van der Waals surface area (Å²) < 4.78 is 1.66. The summed E-state index contributed by atoms with van der Waals surface area (Å²) >= 11 is 0. The third kappa shape index (κ3) is 2.01. The lowest BCUT2D eigenvalue weighted by Crippen LogP contribution is -2.42. The van der Waals surface area contributed by atoms with E-state index < -0.39 is 0 Å². The zero-order valence-electron chi connectivity index (χ0n) is 10.4. The summed E-state index contributed by atoms with van der Waals surface area (Å²) in [6, 6.07) is 1.85. The van der Waals surface area contributed by atoms with E-state index in [1.54, 1.807) is 16.9 Å². The molecule has 6 heteroatoms. The van der Waals surface area contributed by atoms with Gasteiger partial charge in [-0.2, -0.15) is 5.10 Å². The summed E-state index contributed by atoms with van der Waals surface area (Å²) in [5.41, 5.74) is 6.15. The number of hydrogen-bond donors (Lipinski definition) is 2. The third-order valence-corrected chi connectivity index (χ3v) is 4.36. The van der Waals surface area contributed by atoms with Crippen molar-refractivity contribution in [3.8, 4) is 0 Å². The van der Waals surface area contributed by atoms with E-state index in [2.05, 4.69) is 10.4 Å². The van der Waals surface area contributed by atoms with E-state index in [0.717, 1.165) is 18.7 Å². The molecule has 0 aliphatic heterocycles. The van der Waals surface area contributed by atoms with Gasteiger partial charge in [-0.05, 0) is 31.1 Å². The molecule has 18 heavy (non-hydrogen) atoms. The Balaban J connectivity index is 0.00000120. The molecule has 2 saturated carbocycles. The molecular weight excluding hydrogens is 252 g/mol. The first kappa shape index (κ1) is 13.4. The number of fused-ring (bicyclic) bond motifs is 2. The largest absolute Gasteiger partial charge is 0.327 e. The molecule has 0 saturated heterocycles. The standard InChI is InChI=1S/C12H18N4O.ClH/c1-16-9(4-5-14-16)15-12(17)10-7-2-3-8(6-7)11(10)13;/h4-5,7-8,10-11H,2-3,6,13H2,1H3,(H,15,17);1H. The highest BCUT2D eigenvalue weighted by molar-refractivity contribution is 5.92. The molecule has 2 aliphatic carbocycles. The minimum atomic E-state index is -0.0105. The van der Waals surface area contributed by atoms with Crippen LogP contribution in [0.25, 0.3) is 0 Å². The molecule has 1 amide bonds. The number of nitrogens with one attached hydrogen (secondary N) is 1. The minimum Gasteiger partial charge on any atom is -0.327 e. The van der Waals surface area contributed by atoms with Crippen LogP contribution in [0.15, 0.2) is 12.3 Å². The Bertz CT molecular complexity index is 445. The number of aromatic nitrogens is 2. The van der Waals surface area contributed by atoms with E-state index in [9.17, 15) is 4.79 Å². The quantitative estimate of drug-likeness (QED) is 0.847. The van der Waals surface area contributed by atoms with Gasteiger partial charge in [0.1, 0.15) is 5.82 Å². The Labute approximate surface area is 113 Å². The molecule has 2 aliphatic rings. The second kappa shape index (κ2) is 4.90. The molecule has 4 atom stereocenters. The molecule has 2 fully saturated rings. The van der Waals surface area contributed by atoms with Crippen LogP contribution in [0.2, 0.25) is 0 Å². The normalized spacial score (nSPS) is 33.2. The third-order valence-electron chi connectivity index (χ3n) is 4.36. The second-order valence-corrected chi connectivity index (χ2v) is 5.27. The molecule has 3 N–H and O–H groups in total. The van der Waals surface area contributed by atoms with Crippen molar-refractivity contribution in [2.45, 2.75) is 25.3 Å². The molecule has 4 unspecified atom stereocenters. The predicted molar refractivity (Wildman–Crippen MR) is 71.4 cm³/mol. The smallest absolute Gasteiger partial charge is 0.230 e. The highest BCUT2D eigenvalue weighted by Crippen LogP contribution is 2.47. The van der Waals surface area contributed by atoms with Gasteiger partial charge >= 0.3 is 0 Å². The van der Waals surface area contributed by atoms with Gasteiger partial charge in [0, 0.05) is 19.2 Å². The molecule has 0 spiro atoms. The molecule has 3 rings (SSSR count). The zero-order valence-corrected chi connectivity index (χ0v) is 11.2. The van der Waals surface area contributed by atoms with Crippen molar-refractivity contribution in [3.63, 3.8) is 0 Å². The van der Waals surface area contributed by atoms with Crippen molar-refractivity contribution in [1.82, 2.24) is 9.78 Å². The average Bonchev–Trinajstić information content (AvgIpc) is 2.95. The van der Waals surface area contributed by atoms with Gasteiger partial charge in [0.25, 0.3) is 0 Å². The van der Waals surface area contributed by atoms with Crippen molar-refractivity contribution >= 4 is 24.1 Å². The second-order valence-electron chi connectivity index (χ2n) is 5.27. The number of halogens is 1. The first-order chi connectivity index (χ1) is 8.16. The highest BCUT2D eigenvalue weighted by atomic mass is 35.5. The first-order valence-corrected chi connectivity index (χ1v) is 6.21. The molecule has 0 aromatic carbocycles. The maximum absolute atomic E-state index is 12.2. The summed E-state index contributed by atoms with van der Waals surface area (Å²) in [5.74, 6) is 1.84. The molecule has 5 nitrogen and oxygen atoms in total. The van der Waals surface area contributed by atoms with E-state index in [0.29, 0.717) is 11.8 Å². The number of rotatable bonds is 2. The minimum absolute atomic E-state index is 0. The van der Waals surface area contributed by atoms with Crippen LogP contribution in [0, 0.1) is 17.8 Å². The van der Waals surface area contributed by atoms with Crippen LogP contribution < -0.4 is 11.1 Å². The van der Waals surface area contributed by atoms with Gasteiger partial charge in [-0.3, -0.25) is 9.48 Å². The summed E-state index contributed by atoms with van der Waals surface area (Å²) in [6.07, 6.45) is 5.16. The number of nitrogens with zero attached hydrogens (tertiary/aromatic N) is 2. The highest BCUT2D eigenvalue weighted by Gasteiger charge is 2.49. The number of nitrogens with two attached hydrogens (primary N) is 1. The first-order valence-electron chi connectivity index (χ1n) is 6.21. The SMILES string of the molecule is Cl.Cn1nccc1NC(=O)C1C2CCC(C2)C1N.